The molecule has 0 bridgehead atoms. The molecule has 0 amide bonds. The fourth-order valence-corrected chi connectivity index (χ4v) is 2.78. The highest BCUT2D eigenvalue weighted by atomic mass is 19.1. The molecule has 0 aliphatic carbocycles. The first kappa shape index (κ1) is 17.2. The minimum Gasteiger partial charge on any atom is -0.373 e. The van der Waals surface area contributed by atoms with E-state index >= 15 is 0 Å². The normalized spacial score (nSPS) is 10.8. The van der Waals surface area contributed by atoms with Crippen LogP contribution in [0.3, 0.4) is 0 Å². The lowest BCUT2D eigenvalue weighted by Gasteiger charge is -2.18. The van der Waals surface area contributed by atoms with Crippen LogP contribution in [0, 0.1) is 5.82 Å². The Morgan fingerprint density at radius 3 is 2.64 bits per heavy atom. The molecular weight excluding hydrogens is 315 g/mol. The van der Waals surface area contributed by atoms with Crippen LogP contribution >= 0.6 is 0 Å². The van der Waals surface area contributed by atoms with Crippen molar-refractivity contribution in [1.29, 1.82) is 0 Å². The number of H-pyrrole nitrogens is 1. The van der Waals surface area contributed by atoms with Gasteiger partial charge in [-0.25, -0.2) is 4.39 Å². The third kappa shape index (κ3) is 4.06. The van der Waals surface area contributed by atoms with Gasteiger partial charge in [0.05, 0.1) is 17.6 Å². The summed E-state index contributed by atoms with van der Waals surface area (Å²) in [6.07, 6.45) is 1.83. The van der Waals surface area contributed by atoms with E-state index < -0.39 is 0 Å². The van der Waals surface area contributed by atoms with E-state index in [-0.39, 0.29) is 5.82 Å². The van der Waals surface area contributed by atoms with Crippen LogP contribution in [0.4, 0.5) is 10.1 Å². The Hall–Kier alpha value is -2.66. The van der Waals surface area contributed by atoms with Gasteiger partial charge in [-0.1, -0.05) is 36.4 Å². The quantitative estimate of drug-likeness (QED) is 0.685. The zero-order valence-electron chi connectivity index (χ0n) is 14.6. The highest BCUT2D eigenvalue weighted by Crippen LogP contribution is 2.21. The Morgan fingerprint density at radius 2 is 1.92 bits per heavy atom. The molecule has 0 fully saturated rings. The lowest BCUT2D eigenvalue weighted by Crippen LogP contribution is -2.18. The van der Waals surface area contributed by atoms with Crippen LogP contribution in [-0.4, -0.2) is 23.8 Å². The van der Waals surface area contributed by atoms with Gasteiger partial charge in [0.1, 0.15) is 5.82 Å². The molecule has 0 spiro atoms. The molecular formula is C20H23FN4. The standard InChI is InChI=1S/C20H23FN4/c1-3-25(2)19-10-9-15(11-18(19)21)12-22-13-17-14-23-24-20(17)16-7-5-4-6-8-16/h4-11,14,22H,3,12-13H2,1-2H3,(H,23,24). The smallest absolute Gasteiger partial charge is 0.146 e. The van der Waals surface area contributed by atoms with E-state index in [2.05, 4.69) is 27.6 Å². The fourth-order valence-electron chi connectivity index (χ4n) is 2.78. The highest BCUT2D eigenvalue weighted by Gasteiger charge is 2.09. The molecule has 4 nitrogen and oxygen atoms in total. The summed E-state index contributed by atoms with van der Waals surface area (Å²) in [6.45, 7) is 4.05. The Bertz CT molecular complexity index is 814. The minimum atomic E-state index is -0.183. The maximum absolute atomic E-state index is 14.2. The number of benzene rings is 2. The Morgan fingerprint density at radius 1 is 1.12 bits per heavy atom. The summed E-state index contributed by atoms with van der Waals surface area (Å²) in [5.74, 6) is -0.183. The number of nitrogens with one attached hydrogen (secondary N) is 2. The third-order valence-corrected chi connectivity index (χ3v) is 4.32. The van der Waals surface area contributed by atoms with E-state index in [1.807, 2.05) is 55.4 Å². The highest BCUT2D eigenvalue weighted by molar-refractivity contribution is 5.62. The van der Waals surface area contributed by atoms with Crippen molar-refractivity contribution < 1.29 is 4.39 Å². The average molecular weight is 338 g/mol. The van der Waals surface area contributed by atoms with Crippen LogP contribution < -0.4 is 10.2 Å². The van der Waals surface area contributed by atoms with Gasteiger partial charge < -0.3 is 10.2 Å². The molecule has 5 heteroatoms. The van der Waals surface area contributed by atoms with E-state index in [9.17, 15) is 4.39 Å². The zero-order valence-corrected chi connectivity index (χ0v) is 14.6. The molecule has 1 heterocycles. The van der Waals surface area contributed by atoms with Gasteiger partial charge in [0, 0.05) is 32.2 Å². The van der Waals surface area contributed by atoms with Crippen LogP contribution in [0.1, 0.15) is 18.1 Å². The van der Waals surface area contributed by atoms with Gasteiger partial charge in [-0.05, 0) is 30.2 Å². The second-order valence-electron chi connectivity index (χ2n) is 6.04. The molecule has 0 unspecified atom stereocenters. The molecule has 3 aromatic rings. The second-order valence-corrected chi connectivity index (χ2v) is 6.04. The van der Waals surface area contributed by atoms with Gasteiger partial charge in [-0.2, -0.15) is 5.10 Å². The summed E-state index contributed by atoms with van der Waals surface area (Å²) in [5.41, 5.74) is 4.77. The summed E-state index contributed by atoms with van der Waals surface area (Å²) in [5, 5.41) is 10.6. The van der Waals surface area contributed by atoms with Crippen molar-refractivity contribution in [2.75, 3.05) is 18.5 Å². The van der Waals surface area contributed by atoms with Crippen LogP contribution in [0.15, 0.2) is 54.7 Å². The summed E-state index contributed by atoms with van der Waals surface area (Å²) in [4.78, 5) is 1.89. The van der Waals surface area contributed by atoms with Crippen molar-refractivity contribution in [2.45, 2.75) is 20.0 Å². The number of hydrogen-bond acceptors (Lipinski definition) is 3. The monoisotopic (exact) mass is 338 g/mol. The third-order valence-electron chi connectivity index (χ3n) is 4.32. The van der Waals surface area contributed by atoms with E-state index in [1.54, 1.807) is 6.07 Å². The van der Waals surface area contributed by atoms with Crippen LogP contribution in [0.25, 0.3) is 11.3 Å². The molecule has 2 N–H and O–H groups in total. The molecule has 2 aromatic carbocycles. The van der Waals surface area contributed by atoms with Crippen molar-refractivity contribution in [2.24, 2.45) is 0 Å². The number of rotatable bonds is 7. The Kier molecular flexibility index (Phi) is 5.46. The van der Waals surface area contributed by atoms with E-state index in [0.717, 1.165) is 28.9 Å². The topological polar surface area (TPSA) is 44.0 Å². The fraction of sp³-hybridized carbons (Fsp3) is 0.250. The maximum Gasteiger partial charge on any atom is 0.146 e. The van der Waals surface area contributed by atoms with E-state index in [1.165, 1.54) is 0 Å². The summed E-state index contributed by atoms with van der Waals surface area (Å²) < 4.78 is 14.2. The van der Waals surface area contributed by atoms with Gasteiger partial charge in [-0.15, -0.1) is 0 Å². The van der Waals surface area contributed by atoms with E-state index in [4.69, 9.17) is 0 Å². The summed E-state index contributed by atoms with van der Waals surface area (Å²) >= 11 is 0. The molecule has 0 aliphatic heterocycles. The first-order valence-electron chi connectivity index (χ1n) is 8.47. The minimum absolute atomic E-state index is 0.183. The van der Waals surface area contributed by atoms with Gasteiger partial charge in [0.25, 0.3) is 0 Å². The first-order valence-corrected chi connectivity index (χ1v) is 8.47. The number of hydrogen-bond donors (Lipinski definition) is 2. The van der Waals surface area contributed by atoms with Crippen molar-refractivity contribution in [1.82, 2.24) is 15.5 Å². The lowest BCUT2D eigenvalue weighted by atomic mass is 10.1. The van der Waals surface area contributed by atoms with E-state index in [0.29, 0.717) is 18.8 Å². The molecule has 0 radical (unpaired) electrons. The number of halogens is 1. The molecule has 0 saturated carbocycles. The van der Waals surface area contributed by atoms with Crippen molar-refractivity contribution in [3.63, 3.8) is 0 Å². The van der Waals surface area contributed by atoms with Gasteiger partial charge in [0.15, 0.2) is 0 Å². The molecule has 3 rings (SSSR count). The SMILES string of the molecule is CCN(C)c1ccc(CNCc2cn[nH]c2-c2ccccc2)cc1F. The summed E-state index contributed by atoms with van der Waals surface area (Å²) in [6, 6.07) is 15.5. The zero-order chi connectivity index (χ0) is 17.6. The largest absolute Gasteiger partial charge is 0.373 e. The lowest BCUT2D eigenvalue weighted by molar-refractivity contribution is 0.616. The molecule has 1 aromatic heterocycles. The number of anilines is 1. The number of nitrogens with zero attached hydrogens (tertiary/aromatic N) is 2. The van der Waals surface area contributed by atoms with Crippen LogP contribution in [0.2, 0.25) is 0 Å². The molecule has 25 heavy (non-hydrogen) atoms. The van der Waals surface area contributed by atoms with Gasteiger partial charge in [0.2, 0.25) is 0 Å². The van der Waals surface area contributed by atoms with Crippen LogP contribution in [-0.2, 0) is 13.1 Å². The number of aromatic nitrogens is 2. The second kappa shape index (κ2) is 7.94. The Balaban J connectivity index is 1.63. The number of aromatic amines is 1. The Labute approximate surface area is 147 Å². The predicted octanol–water partition coefficient (Wildman–Crippen LogP) is 3.96. The predicted molar refractivity (Wildman–Crippen MR) is 99.9 cm³/mol. The summed E-state index contributed by atoms with van der Waals surface area (Å²) in [7, 11) is 1.89. The van der Waals surface area contributed by atoms with Crippen LogP contribution in [0.5, 0.6) is 0 Å². The first-order chi connectivity index (χ1) is 12.2. The van der Waals surface area contributed by atoms with Gasteiger partial charge in [-0.3, -0.25) is 5.10 Å². The molecule has 0 saturated heterocycles. The van der Waals surface area contributed by atoms with Crippen molar-refractivity contribution in [3.05, 3.63) is 71.7 Å². The van der Waals surface area contributed by atoms with Crippen molar-refractivity contribution >= 4 is 5.69 Å². The van der Waals surface area contributed by atoms with Gasteiger partial charge >= 0.3 is 0 Å². The molecule has 0 atom stereocenters. The van der Waals surface area contributed by atoms with Crippen molar-refractivity contribution in [3.8, 4) is 11.3 Å². The maximum atomic E-state index is 14.2. The molecule has 0 aliphatic rings. The molecule has 130 valence electrons. The average Bonchev–Trinajstić information content (AvgIpc) is 3.10.